The van der Waals surface area contributed by atoms with Crippen LogP contribution in [0.4, 0.5) is 4.79 Å². The number of amides is 3. The quantitative estimate of drug-likeness (QED) is 0.580. The van der Waals surface area contributed by atoms with Crippen LogP contribution < -0.4 is 15.5 Å². The molecule has 3 amide bonds. The maximum absolute atomic E-state index is 11.9. The highest BCUT2D eigenvalue weighted by Gasteiger charge is 2.47. The van der Waals surface area contributed by atoms with Crippen molar-refractivity contribution in [1.29, 1.82) is 0 Å². The largest absolute Gasteiger partial charge is 0.322 e. The van der Waals surface area contributed by atoms with Gasteiger partial charge in [0.2, 0.25) is 0 Å². The number of carbonyl (C=O) groups is 2. The van der Waals surface area contributed by atoms with E-state index in [1.165, 1.54) is 0 Å². The molecule has 0 aliphatic carbocycles. The van der Waals surface area contributed by atoms with E-state index in [1.54, 1.807) is 24.3 Å². The minimum Gasteiger partial charge on any atom is -0.318 e. The number of carbonyl (C=O) groups excluding carboxylic acids is 2. The van der Waals surface area contributed by atoms with Crippen molar-refractivity contribution >= 4 is 39.6 Å². The predicted molar refractivity (Wildman–Crippen MR) is 66.4 cm³/mol. The summed E-state index contributed by atoms with van der Waals surface area (Å²) in [6.45, 7) is 0.105. The maximum atomic E-state index is 11.9. The average molecular weight is 319 g/mol. The van der Waals surface area contributed by atoms with Crippen molar-refractivity contribution in [3.05, 3.63) is 34.3 Å². The molecule has 5 nitrogen and oxygen atoms in total. The highest BCUT2D eigenvalue weighted by atomic mass is 79.9. The molecule has 1 saturated heterocycles. The van der Waals surface area contributed by atoms with E-state index in [-0.39, 0.29) is 6.54 Å². The SMILES string of the molecule is O=C1NC(=O)[C@](CNCl)(c2ccc(Br)cc2)N1. The van der Waals surface area contributed by atoms with E-state index in [4.69, 9.17) is 11.8 Å². The first-order chi connectivity index (χ1) is 8.08. The summed E-state index contributed by atoms with van der Waals surface area (Å²) in [7, 11) is 0. The van der Waals surface area contributed by atoms with Crippen LogP contribution in [0.25, 0.3) is 0 Å². The van der Waals surface area contributed by atoms with Crippen LogP contribution in [0, 0.1) is 0 Å². The lowest BCUT2D eigenvalue weighted by molar-refractivity contribution is -0.124. The Balaban J connectivity index is 2.44. The number of benzene rings is 1. The number of hydrogen-bond donors (Lipinski definition) is 3. The third kappa shape index (κ3) is 2.15. The Labute approximate surface area is 111 Å². The molecule has 0 saturated carbocycles. The second-order valence-corrected chi connectivity index (χ2v) is 4.81. The van der Waals surface area contributed by atoms with Crippen molar-refractivity contribution in [3.8, 4) is 0 Å². The van der Waals surface area contributed by atoms with Crippen molar-refractivity contribution in [2.45, 2.75) is 5.54 Å². The van der Waals surface area contributed by atoms with E-state index >= 15 is 0 Å². The minimum absolute atomic E-state index is 0.105. The van der Waals surface area contributed by atoms with Crippen LogP contribution in [0.15, 0.2) is 28.7 Å². The van der Waals surface area contributed by atoms with Crippen LogP contribution in [0.3, 0.4) is 0 Å². The Hall–Kier alpha value is -1.11. The van der Waals surface area contributed by atoms with E-state index < -0.39 is 17.5 Å². The van der Waals surface area contributed by atoms with E-state index in [9.17, 15) is 9.59 Å². The highest BCUT2D eigenvalue weighted by Crippen LogP contribution is 2.26. The average Bonchev–Trinajstić information content (AvgIpc) is 2.56. The smallest absolute Gasteiger partial charge is 0.318 e. The zero-order valence-corrected chi connectivity index (χ0v) is 10.9. The lowest BCUT2D eigenvalue weighted by atomic mass is 9.90. The fourth-order valence-corrected chi connectivity index (χ4v) is 2.22. The fourth-order valence-electron chi connectivity index (χ4n) is 1.76. The standard InChI is InChI=1S/C10H9BrClN3O2/c11-7-3-1-6(2-4-7)10(5-13-12)8(16)14-9(17)15-10/h1-4,13H,5H2,(H2,14,15,16,17)/t10-/m0/s1. The molecule has 17 heavy (non-hydrogen) atoms. The normalized spacial score (nSPS) is 23.4. The first-order valence-corrected chi connectivity index (χ1v) is 5.99. The van der Waals surface area contributed by atoms with Gasteiger partial charge in [-0.15, -0.1) is 0 Å². The number of nitrogens with one attached hydrogen (secondary N) is 3. The summed E-state index contributed by atoms with van der Waals surface area (Å²) in [5, 5.41) is 4.80. The first-order valence-electron chi connectivity index (χ1n) is 4.81. The summed E-state index contributed by atoms with van der Waals surface area (Å²) in [6, 6.07) is 6.57. The zero-order valence-electron chi connectivity index (χ0n) is 8.59. The molecule has 7 heteroatoms. The molecule has 0 radical (unpaired) electrons. The van der Waals surface area contributed by atoms with E-state index in [2.05, 4.69) is 31.4 Å². The minimum atomic E-state index is -1.15. The summed E-state index contributed by atoms with van der Waals surface area (Å²) in [5.74, 6) is -0.419. The van der Waals surface area contributed by atoms with E-state index in [0.717, 1.165) is 4.47 Å². The van der Waals surface area contributed by atoms with Gasteiger partial charge in [-0.3, -0.25) is 10.1 Å². The molecular weight excluding hydrogens is 309 g/mol. The molecule has 3 N–H and O–H groups in total. The van der Waals surface area contributed by atoms with Crippen molar-refractivity contribution in [2.75, 3.05) is 6.54 Å². The molecule has 1 aromatic carbocycles. The Morgan fingerprint density at radius 2 is 1.94 bits per heavy atom. The van der Waals surface area contributed by atoms with Crippen LogP contribution in [0.1, 0.15) is 5.56 Å². The summed E-state index contributed by atoms with van der Waals surface area (Å²) in [5.41, 5.74) is -0.489. The van der Waals surface area contributed by atoms with Crippen molar-refractivity contribution in [1.82, 2.24) is 15.5 Å². The molecule has 1 aliphatic heterocycles. The molecular formula is C10H9BrClN3O2. The van der Waals surface area contributed by atoms with Gasteiger partial charge in [-0.05, 0) is 29.5 Å². The van der Waals surface area contributed by atoms with Gasteiger partial charge in [0.1, 0.15) is 0 Å². The molecule has 1 heterocycles. The molecule has 1 aromatic rings. The molecule has 1 aliphatic rings. The molecule has 0 unspecified atom stereocenters. The van der Waals surface area contributed by atoms with Crippen LogP contribution in [-0.2, 0) is 10.3 Å². The number of imide groups is 1. The summed E-state index contributed by atoms with van der Waals surface area (Å²) in [4.78, 5) is 25.5. The predicted octanol–water partition coefficient (Wildman–Crippen LogP) is 1.23. The number of rotatable bonds is 3. The van der Waals surface area contributed by atoms with E-state index in [0.29, 0.717) is 5.56 Å². The van der Waals surface area contributed by atoms with Gasteiger partial charge >= 0.3 is 6.03 Å². The van der Waals surface area contributed by atoms with Gasteiger partial charge in [0.25, 0.3) is 5.91 Å². The first kappa shape index (κ1) is 12.3. The lowest BCUT2D eigenvalue weighted by Gasteiger charge is -2.25. The summed E-state index contributed by atoms with van der Waals surface area (Å²) in [6.07, 6.45) is 0. The summed E-state index contributed by atoms with van der Waals surface area (Å²) < 4.78 is 0.889. The van der Waals surface area contributed by atoms with Gasteiger partial charge in [0, 0.05) is 11.0 Å². The van der Waals surface area contributed by atoms with Gasteiger partial charge in [0.15, 0.2) is 5.54 Å². The van der Waals surface area contributed by atoms with Gasteiger partial charge in [-0.25, -0.2) is 9.63 Å². The Morgan fingerprint density at radius 1 is 1.29 bits per heavy atom. The molecule has 1 atom stereocenters. The third-order valence-electron chi connectivity index (χ3n) is 2.61. The van der Waals surface area contributed by atoms with Gasteiger partial charge < -0.3 is 5.32 Å². The van der Waals surface area contributed by atoms with Crippen LogP contribution in [0.2, 0.25) is 0 Å². The lowest BCUT2D eigenvalue weighted by Crippen LogP contribution is -2.49. The van der Waals surface area contributed by atoms with Crippen molar-refractivity contribution in [2.24, 2.45) is 0 Å². The topological polar surface area (TPSA) is 70.2 Å². The van der Waals surface area contributed by atoms with Gasteiger partial charge in [0.05, 0.1) is 0 Å². The van der Waals surface area contributed by atoms with Crippen LogP contribution >= 0.6 is 27.7 Å². The number of urea groups is 1. The third-order valence-corrected chi connectivity index (χ3v) is 3.27. The molecule has 0 spiro atoms. The number of halogens is 2. The van der Waals surface area contributed by atoms with Crippen LogP contribution in [0.5, 0.6) is 0 Å². The highest BCUT2D eigenvalue weighted by molar-refractivity contribution is 9.10. The van der Waals surface area contributed by atoms with Gasteiger partial charge in [-0.1, -0.05) is 28.1 Å². The second kappa shape index (κ2) is 4.64. The Morgan fingerprint density at radius 3 is 2.41 bits per heavy atom. The van der Waals surface area contributed by atoms with Crippen molar-refractivity contribution < 1.29 is 9.59 Å². The Kier molecular flexibility index (Phi) is 3.37. The molecule has 0 bridgehead atoms. The molecule has 90 valence electrons. The molecule has 0 aromatic heterocycles. The fraction of sp³-hybridized carbons (Fsp3) is 0.200. The summed E-state index contributed by atoms with van der Waals surface area (Å²) >= 11 is 8.78. The van der Waals surface area contributed by atoms with Crippen molar-refractivity contribution in [3.63, 3.8) is 0 Å². The Bertz CT molecular complexity index is 465. The molecule has 1 fully saturated rings. The van der Waals surface area contributed by atoms with E-state index in [1.807, 2.05) is 0 Å². The van der Waals surface area contributed by atoms with Crippen LogP contribution in [-0.4, -0.2) is 18.5 Å². The monoisotopic (exact) mass is 317 g/mol. The zero-order chi connectivity index (χ0) is 12.5. The molecule has 2 rings (SSSR count). The van der Waals surface area contributed by atoms with Gasteiger partial charge in [-0.2, -0.15) is 0 Å². The maximum Gasteiger partial charge on any atom is 0.322 e. The number of hydrogen-bond acceptors (Lipinski definition) is 3. The second-order valence-electron chi connectivity index (χ2n) is 3.63.